The molecule has 0 fully saturated rings. The first-order valence-corrected chi connectivity index (χ1v) is 7.78. The van der Waals surface area contributed by atoms with E-state index in [1.54, 1.807) is 24.3 Å². The summed E-state index contributed by atoms with van der Waals surface area (Å²) in [4.78, 5) is 12.3. The Morgan fingerprint density at radius 2 is 1.71 bits per heavy atom. The van der Waals surface area contributed by atoms with Crippen molar-refractivity contribution in [1.82, 2.24) is 0 Å². The maximum Gasteiger partial charge on any atom is 0.197 e. The predicted molar refractivity (Wildman–Crippen MR) is 90.1 cm³/mol. The number of ketones is 1. The number of aliphatic hydroxyl groups is 2. The highest BCUT2D eigenvalue weighted by atomic mass is 16.5. The zero-order chi connectivity index (χ0) is 17.4. The topological polar surface area (TPSA) is 76.0 Å². The number of carbonyl (C=O) groups is 1. The molecule has 0 aliphatic carbocycles. The third-order valence-electron chi connectivity index (χ3n) is 3.68. The molecule has 2 aromatic rings. The normalized spacial score (nSPS) is 13.3. The highest BCUT2D eigenvalue weighted by molar-refractivity contribution is 6.02. The lowest BCUT2D eigenvalue weighted by Crippen LogP contribution is -2.35. The monoisotopic (exact) mass is 330 g/mol. The van der Waals surface area contributed by atoms with E-state index in [1.165, 1.54) is 7.11 Å². The molecule has 5 heteroatoms. The van der Waals surface area contributed by atoms with Crippen LogP contribution in [-0.2, 0) is 11.3 Å². The molecule has 0 saturated heterocycles. The molecule has 0 saturated carbocycles. The van der Waals surface area contributed by atoms with Crippen LogP contribution < -0.4 is 4.74 Å². The molecule has 0 spiro atoms. The summed E-state index contributed by atoms with van der Waals surface area (Å²) in [5.41, 5.74) is 1.27. The first kappa shape index (κ1) is 18.1. The van der Waals surface area contributed by atoms with Crippen LogP contribution in [0.15, 0.2) is 54.6 Å². The van der Waals surface area contributed by atoms with E-state index in [-0.39, 0.29) is 18.6 Å². The van der Waals surface area contributed by atoms with Crippen molar-refractivity contribution in [2.75, 3.05) is 13.7 Å². The van der Waals surface area contributed by atoms with Crippen LogP contribution in [-0.4, -0.2) is 41.9 Å². The lowest BCUT2D eigenvalue weighted by Gasteiger charge is -2.18. The molecule has 0 aromatic heterocycles. The molecule has 24 heavy (non-hydrogen) atoms. The van der Waals surface area contributed by atoms with Crippen molar-refractivity contribution in [1.29, 1.82) is 0 Å². The van der Waals surface area contributed by atoms with E-state index in [1.807, 2.05) is 30.3 Å². The standard InChI is InChI=1S/C19H22O5/c1-23-17-10-6-5-9-15(17)18(21)19(22)16(20)11-12-24-13-14-7-3-2-4-8-14/h2-10,16,19-20,22H,11-13H2,1H3/t16-,19-/m1/s1. The molecule has 2 N–H and O–H groups in total. The predicted octanol–water partition coefficient (Wildman–Crippen LogP) is 2.21. The molecular weight excluding hydrogens is 308 g/mol. The number of methoxy groups -OCH3 is 1. The van der Waals surface area contributed by atoms with Crippen LogP contribution in [0.5, 0.6) is 5.75 Å². The molecule has 0 amide bonds. The minimum atomic E-state index is -1.51. The first-order valence-electron chi connectivity index (χ1n) is 7.78. The van der Waals surface area contributed by atoms with E-state index in [0.29, 0.717) is 12.4 Å². The van der Waals surface area contributed by atoms with Gasteiger partial charge in [-0.3, -0.25) is 4.79 Å². The second kappa shape index (κ2) is 9.17. The molecule has 0 radical (unpaired) electrons. The molecular formula is C19H22O5. The number of ether oxygens (including phenoxy) is 2. The zero-order valence-electron chi connectivity index (χ0n) is 13.6. The van der Waals surface area contributed by atoms with E-state index in [4.69, 9.17) is 9.47 Å². The molecule has 0 heterocycles. The molecule has 2 atom stereocenters. The molecule has 5 nitrogen and oxygen atoms in total. The average Bonchev–Trinajstić information content (AvgIpc) is 2.64. The lowest BCUT2D eigenvalue weighted by molar-refractivity contribution is 0.000559. The van der Waals surface area contributed by atoms with Crippen LogP contribution in [0.2, 0.25) is 0 Å². The van der Waals surface area contributed by atoms with Crippen molar-refractivity contribution in [2.24, 2.45) is 0 Å². The van der Waals surface area contributed by atoms with Crippen LogP contribution in [0.3, 0.4) is 0 Å². The van der Waals surface area contributed by atoms with Crippen LogP contribution >= 0.6 is 0 Å². The number of hydrogen-bond donors (Lipinski definition) is 2. The maximum atomic E-state index is 12.3. The van der Waals surface area contributed by atoms with Crippen LogP contribution in [0, 0.1) is 0 Å². The van der Waals surface area contributed by atoms with E-state index in [0.717, 1.165) is 5.56 Å². The minimum Gasteiger partial charge on any atom is -0.496 e. The Hall–Kier alpha value is -2.21. The minimum absolute atomic E-state index is 0.162. The van der Waals surface area contributed by atoms with Gasteiger partial charge in [-0.25, -0.2) is 0 Å². The van der Waals surface area contributed by atoms with Crippen molar-refractivity contribution < 1.29 is 24.5 Å². The largest absolute Gasteiger partial charge is 0.496 e. The fourth-order valence-electron chi connectivity index (χ4n) is 2.31. The first-order chi connectivity index (χ1) is 11.6. The quantitative estimate of drug-likeness (QED) is 0.544. The van der Waals surface area contributed by atoms with Gasteiger partial charge in [0.1, 0.15) is 11.9 Å². The van der Waals surface area contributed by atoms with Gasteiger partial charge in [0.25, 0.3) is 0 Å². The zero-order valence-corrected chi connectivity index (χ0v) is 13.6. The van der Waals surface area contributed by atoms with E-state index in [9.17, 15) is 15.0 Å². The molecule has 0 aliphatic rings. The Kier molecular flexibility index (Phi) is 6.93. The fourth-order valence-corrected chi connectivity index (χ4v) is 2.31. The maximum absolute atomic E-state index is 12.3. The number of para-hydroxylation sites is 1. The third kappa shape index (κ3) is 4.89. The fraction of sp³-hybridized carbons (Fsp3) is 0.316. The summed E-state index contributed by atoms with van der Waals surface area (Å²) in [6.45, 7) is 0.663. The summed E-state index contributed by atoms with van der Waals surface area (Å²) in [7, 11) is 1.45. The van der Waals surface area contributed by atoms with Gasteiger partial charge in [-0.15, -0.1) is 0 Å². The third-order valence-corrected chi connectivity index (χ3v) is 3.68. The number of aliphatic hydroxyl groups excluding tert-OH is 2. The molecule has 128 valence electrons. The van der Waals surface area contributed by atoms with Gasteiger partial charge in [0, 0.05) is 6.61 Å². The van der Waals surface area contributed by atoms with Gasteiger partial charge < -0.3 is 19.7 Å². The highest BCUT2D eigenvalue weighted by Gasteiger charge is 2.27. The van der Waals surface area contributed by atoms with Gasteiger partial charge in [0.15, 0.2) is 5.78 Å². The summed E-state index contributed by atoms with van der Waals surface area (Å²) in [5.74, 6) is -0.197. The molecule has 0 unspecified atom stereocenters. The molecule has 0 aliphatic heterocycles. The average molecular weight is 330 g/mol. The summed E-state index contributed by atoms with van der Waals surface area (Å²) >= 11 is 0. The van der Waals surface area contributed by atoms with Crippen LogP contribution in [0.25, 0.3) is 0 Å². The summed E-state index contributed by atoms with van der Waals surface area (Å²) in [6.07, 6.45) is -2.55. The van der Waals surface area contributed by atoms with Crippen molar-refractivity contribution in [3.63, 3.8) is 0 Å². The van der Waals surface area contributed by atoms with Crippen molar-refractivity contribution >= 4 is 5.78 Å². The summed E-state index contributed by atoms with van der Waals surface area (Å²) in [6, 6.07) is 16.2. The number of benzene rings is 2. The van der Waals surface area contributed by atoms with E-state index >= 15 is 0 Å². The van der Waals surface area contributed by atoms with E-state index < -0.39 is 18.0 Å². The number of rotatable bonds is 9. The van der Waals surface area contributed by atoms with E-state index in [2.05, 4.69) is 0 Å². The van der Waals surface area contributed by atoms with Gasteiger partial charge in [0.2, 0.25) is 0 Å². The van der Waals surface area contributed by atoms with Gasteiger partial charge in [-0.05, 0) is 24.1 Å². The van der Waals surface area contributed by atoms with Gasteiger partial charge in [-0.1, -0.05) is 42.5 Å². The van der Waals surface area contributed by atoms with Crippen molar-refractivity contribution in [3.05, 3.63) is 65.7 Å². The Labute approximate surface area is 141 Å². The SMILES string of the molecule is COc1ccccc1C(=O)[C@H](O)[C@H](O)CCOCc1ccccc1. The van der Waals surface area contributed by atoms with Crippen LogP contribution in [0.1, 0.15) is 22.3 Å². The Morgan fingerprint density at radius 1 is 1.04 bits per heavy atom. The number of Topliss-reactive ketones (excluding diaryl/α,β-unsaturated/α-hetero) is 1. The molecule has 2 aromatic carbocycles. The molecule has 2 rings (SSSR count). The second-order valence-electron chi connectivity index (χ2n) is 5.40. The van der Waals surface area contributed by atoms with Crippen LogP contribution in [0.4, 0.5) is 0 Å². The Balaban J connectivity index is 1.83. The summed E-state index contributed by atoms with van der Waals surface area (Å²) in [5, 5.41) is 20.1. The Morgan fingerprint density at radius 3 is 2.42 bits per heavy atom. The smallest absolute Gasteiger partial charge is 0.197 e. The summed E-state index contributed by atoms with van der Waals surface area (Å²) < 4.78 is 10.6. The Bertz CT molecular complexity index is 641. The number of carbonyl (C=O) groups excluding carboxylic acids is 1. The van der Waals surface area contributed by atoms with Gasteiger partial charge >= 0.3 is 0 Å². The van der Waals surface area contributed by atoms with Crippen molar-refractivity contribution in [3.8, 4) is 5.75 Å². The van der Waals surface area contributed by atoms with Crippen molar-refractivity contribution in [2.45, 2.75) is 25.2 Å². The highest BCUT2D eigenvalue weighted by Crippen LogP contribution is 2.20. The van der Waals surface area contributed by atoms with Gasteiger partial charge in [0.05, 0.1) is 25.4 Å². The second-order valence-corrected chi connectivity index (χ2v) is 5.40. The lowest BCUT2D eigenvalue weighted by atomic mass is 10.00. The molecule has 0 bridgehead atoms. The number of hydrogen-bond acceptors (Lipinski definition) is 5. The van der Waals surface area contributed by atoms with Gasteiger partial charge in [-0.2, -0.15) is 0 Å².